The predicted molar refractivity (Wildman–Crippen MR) is 93.8 cm³/mol. The number of nitrogens with zero attached hydrogens (tertiary/aromatic N) is 1. The molecule has 0 bridgehead atoms. The van der Waals surface area contributed by atoms with Crippen LogP contribution in [0, 0.1) is 5.41 Å². The van der Waals surface area contributed by atoms with E-state index in [4.69, 9.17) is 5.73 Å². The van der Waals surface area contributed by atoms with Gasteiger partial charge in [-0.2, -0.15) is 0 Å². The molecule has 0 radical (unpaired) electrons. The van der Waals surface area contributed by atoms with E-state index in [0.717, 1.165) is 30.9 Å². The molecule has 1 amide bonds. The first-order valence-electron chi connectivity index (χ1n) is 8.01. The van der Waals surface area contributed by atoms with Crippen LogP contribution in [0.5, 0.6) is 0 Å². The molecule has 0 saturated carbocycles. The van der Waals surface area contributed by atoms with Crippen LogP contribution < -0.4 is 11.1 Å². The van der Waals surface area contributed by atoms with Gasteiger partial charge in [-0.15, -0.1) is 0 Å². The third-order valence-electron chi connectivity index (χ3n) is 4.51. The molecule has 1 aliphatic rings. The molecule has 0 aliphatic carbocycles. The number of anilines is 2. The molecule has 3 rings (SSSR count). The van der Waals surface area contributed by atoms with Crippen molar-refractivity contribution in [1.29, 1.82) is 0 Å². The number of para-hydroxylation sites is 1. The van der Waals surface area contributed by atoms with Crippen LogP contribution in [0.4, 0.5) is 11.4 Å². The molecule has 2 aromatic carbocycles. The highest BCUT2D eigenvalue weighted by atomic mass is 16.2. The molecule has 1 aliphatic heterocycles. The average molecular weight is 309 g/mol. The van der Waals surface area contributed by atoms with Crippen LogP contribution in [0.2, 0.25) is 0 Å². The molecule has 4 heteroatoms. The number of carbonyl (C=O) groups excluding carboxylic acids is 1. The van der Waals surface area contributed by atoms with Crippen LogP contribution in [0.1, 0.15) is 23.7 Å². The summed E-state index contributed by atoms with van der Waals surface area (Å²) in [4.78, 5) is 14.6. The third kappa shape index (κ3) is 3.54. The van der Waals surface area contributed by atoms with Gasteiger partial charge in [-0.25, -0.2) is 0 Å². The number of hydrogen-bond donors (Lipinski definition) is 2. The zero-order valence-corrected chi connectivity index (χ0v) is 13.5. The van der Waals surface area contributed by atoms with Crippen molar-refractivity contribution in [3.05, 3.63) is 60.2 Å². The van der Waals surface area contributed by atoms with Gasteiger partial charge in [-0.1, -0.05) is 31.2 Å². The maximum absolute atomic E-state index is 12.7. The van der Waals surface area contributed by atoms with Crippen molar-refractivity contribution in [3.63, 3.8) is 0 Å². The van der Waals surface area contributed by atoms with Crippen molar-refractivity contribution in [3.8, 4) is 0 Å². The van der Waals surface area contributed by atoms with Gasteiger partial charge in [-0.05, 0) is 48.7 Å². The molecule has 0 spiro atoms. The van der Waals surface area contributed by atoms with Gasteiger partial charge in [-0.3, -0.25) is 4.79 Å². The number of rotatable bonds is 4. The summed E-state index contributed by atoms with van der Waals surface area (Å²) in [6.07, 6.45) is 0.969. The topological polar surface area (TPSA) is 58.4 Å². The molecule has 1 heterocycles. The molecule has 1 fully saturated rings. The summed E-state index contributed by atoms with van der Waals surface area (Å²) < 4.78 is 0. The molecule has 1 saturated heterocycles. The fourth-order valence-electron chi connectivity index (χ4n) is 2.96. The monoisotopic (exact) mass is 309 g/mol. The number of carbonyl (C=O) groups is 1. The van der Waals surface area contributed by atoms with Crippen molar-refractivity contribution < 1.29 is 4.79 Å². The number of hydrogen-bond acceptors (Lipinski definition) is 3. The predicted octanol–water partition coefficient (Wildman–Crippen LogP) is 3.24. The quantitative estimate of drug-likeness (QED) is 0.911. The van der Waals surface area contributed by atoms with Crippen LogP contribution in [0.3, 0.4) is 0 Å². The molecular formula is C19H23N3O. The lowest BCUT2D eigenvalue weighted by Gasteiger charge is -2.22. The molecule has 3 N–H and O–H groups in total. The van der Waals surface area contributed by atoms with Crippen molar-refractivity contribution >= 4 is 17.3 Å². The standard InChI is InChI=1S/C19H23N3O/c1-19(13-20)10-11-22(14-19)18(23)15-6-5-9-17(12-15)21-16-7-3-2-4-8-16/h2-9,12,21H,10-11,13-14,20H2,1H3. The Morgan fingerprint density at radius 2 is 1.91 bits per heavy atom. The van der Waals surface area contributed by atoms with Crippen molar-refractivity contribution in [2.45, 2.75) is 13.3 Å². The Kier molecular flexibility index (Phi) is 4.35. The minimum absolute atomic E-state index is 0.0511. The Labute approximate surface area is 137 Å². The zero-order valence-electron chi connectivity index (χ0n) is 13.5. The molecule has 4 nitrogen and oxygen atoms in total. The summed E-state index contributed by atoms with van der Waals surface area (Å²) in [6, 6.07) is 17.6. The second-order valence-electron chi connectivity index (χ2n) is 6.56. The van der Waals surface area contributed by atoms with Crippen LogP contribution >= 0.6 is 0 Å². The van der Waals surface area contributed by atoms with Gasteiger partial charge in [0.05, 0.1) is 0 Å². The van der Waals surface area contributed by atoms with Gasteiger partial charge in [0.15, 0.2) is 0 Å². The Balaban J connectivity index is 1.74. The number of nitrogens with one attached hydrogen (secondary N) is 1. The molecule has 23 heavy (non-hydrogen) atoms. The lowest BCUT2D eigenvalue weighted by molar-refractivity contribution is 0.0777. The smallest absolute Gasteiger partial charge is 0.253 e. The van der Waals surface area contributed by atoms with E-state index in [0.29, 0.717) is 12.1 Å². The highest BCUT2D eigenvalue weighted by molar-refractivity contribution is 5.95. The van der Waals surface area contributed by atoms with Gasteiger partial charge in [0.25, 0.3) is 5.91 Å². The van der Waals surface area contributed by atoms with E-state index in [-0.39, 0.29) is 11.3 Å². The summed E-state index contributed by atoms with van der Waals surface area (Å²) in [7, 11) is 0. The number of amides is 1. The minimum Gasteiger partial charge on any atom is -0.356 e. The van der Waals surface area contributed by atoms with E-state index in [1.807, 2.05) is 59.5 Å². The molecule has 0 aromatic heterocycles. The largest absolute Gasteiger partial charge is 0.356 e. The summed E-state index contributed by atoms with van der Waals surface area (Å²) in [6.45, 7) is 4.28. The first kappa shape index (κ1) is 15.6. The normalized spacial score (nSPS) is 20.5. The Morgan fingerprint density at radius 3 is 2.61 bits per heavy atom. The lowest BCUT2D eigenvalue weighted by Crippen LogP contribution is -2.34. The van der Waals surface area contributed by atoms with Crippen LogP contribution in [-0.4, -0.2) is 30.4 Å². The molecule has 1 unspecified atom stereocenters. The highest BCUT2D eigenvalue weighted by Crippen LogP contribution is 2.30. The second-order valence-corrected chi connectivity index (χ2v) is 6.56. The van der Waals surface area contributed by atoms with E-state index in [1.54, 1.807) is 0 Å². The van der Waals surface area contributed by atoms with E-state index >= 15 is 0 Å². The van der Waals surface area contributed by atoms with E-state index in [1.165, 1.54) is 0 Å². The van der Waals surface area contributed by atoms with Crippen LogP contribution in [0.25, 0.3) is 0 Å². The van der Waals surface area contributed by atoms with Gasteiger partial charge in [0, 0.05) is 30.0 Å². The molecule has 2 aromatic rings. The van der Waals surface area contributed by atoms with Crippen molar-refractivity contribution in [1.82, 2.24) is 4.90 Å². The van der Waals surface area contributed by atoms with Gasteiger partial charge in [0.2, 0.25) is 0 Å². The summed E-state index contributed by atoms with van der Waals surface area (Å²) in [5.41, 5.74) is 8.52. The van der Waals surface area contributed by atoms with E-state index in [9.17, 15) is 4.79 Å². The fourth-order valence-corrected chi connectivity index (χ4v) is 2.96. The van der Waals surface area contributed by atoms with E-state index in [2.05, 4.69) is 12.2 Å². The fraction of sp³-hybridized carbons (Fsp3) is 0.316. The van der Waals surface area contributed by atoms with Crippen LogP contribution in [0.15, 0.2) is 54.6 Å². The maximum Gasteiger partial charge on any atom is 0.253 e. The van der Waals surface area contributed by atoms with Gasteiger partial charge in [0.1, 0.15) is 0 Å². The number of nitrogens with two attached hydrogens (primary N) is 1. The van der Waals surface area contributed by atoms with Gasteiger partial charge < -0.3 is 16.0 Å². The zero-order chi connectivity index (χ0) is 16.3. The average Bonchev–Trinajstić information content (AvgIpc) is 2.98. The SMILES string of the molecule is CC1(CN)CCN(C(=O)c2cccc(Nc3ccccc3)c2)C1. The van der Waals surface area contributed by atoms with Crippen LogP contribution in [-0.2, 0) is 0 Å². The van der Waals surface area contributed by atoms with E-state index < -0.39 is 0 Å². The second kappa shape index (κ2) is 6.42. The molecule has 1 atom stereocenters. The lowest BCUT2D eigenvalue weighted by atomic mass is 9.90. The summed E-state index contributed by atoms with van der Waals surface area (Å²) in [5.74, 6) is 0.0823. The first-order chi connectivity index (χ1) is 11.1. The summed E-state index contributed by atoms with van der Waals surface area (Å²) >= 11 is 0. The Morgan fingerprint density at radius 1 is 1.17 bits per heavy atom. The van der Waals surface area contributed by atoms with Gasteiger partial charge >= 0.3 is 0 Å². The number of benzene rings is 2. The van der Waals surface area contributed by atoms with Crippen molar-refractivity contribution in [2.75, 3.05) is 25.0 Å². The minimum atomic E-state index is 0.0511. The Bertz CT molecular complexity index is 686. The number of likely N-dealkylation sites (tertiary alicyclic amines) is 1. The summed E-state index contributed by atoms with van der Waals surface area (Å²) in [5, 5.41) is 3.33. The molecular weight excluding hydrogens is 286 g/mol. The first-order valence-corrected chi connectivity index (χ1v) is 8.01. The third-order valence-corrected chi connectivity index (χ3v) is 4.51. The Hall–Kier alpha value is -2.33. The highest BCUT2D eigenvalue weighted by Gasteiger charge is 2.35. The maximum atomic E-state index is 12.7. The molecule has 120 valence electrons. The van der Waals surface area contributed by atoms with Crippen molar-refractivity contribution in [2.24, 2.45) is 11.1 Å².